The van der Waals surface area contributed by atoms with Crippen molar-refractivity contribution in [3.05, 3.63) is 48.4 Å². The Labute approximate surface area is 206 Å². The number of pyridine rings is 1. The molecular formula is C25H28N4O5S. The minimum Gasteiger partial charge on any atom is -0.483 e. The van der Waals surface area contributed by atoms with E-state index in [-0.39, 0.29) is 6.47 Å². The summed E-state index contributed by atoms with van der Waals surface area (Å²) in [7, 11) is 0. The molecule has 3 aromatic heterocycles. The third-order valence-electron chi connectivity index (χ3n) is 6.49. The van der Waals surface area contributed by atoms with E-state index in [1.54, 1.807) is 6.20 Å². The maximum atomic E-state index is 8.36. The lowest BCUT2D eigenvalue weighted by Gasteiger charge is -2.40. The third-order valence-corrected chi connectivity index (χ3v) is 7.38. The highest BCUT2D eigenvalue weighted by Gasteiger charge is 2.26. The number of rotatable bonds is 5. The van der Waals surface area contributed by atoms with E-state index >= 15 is 0 Å². The first kappa shape index (κ1) is 23.7. The molecule has 10 heteroatoms. The van der Waals surface area contributed by atoms with Crippen molar-refractivity contribution in [2.24, 2.45) is 0 Å². The molecule has 6 rings (SSSR count). The van der Waals surface area contributed by atoms with Crippen LogP contribution in [0.2, 0.25) is 0 Å². The van der Waals surface area contributed by atoms with Gasteiger partial charge in [0.15, 0.2) is 5.65 Å². The van der Waals surface area contributed by atoms with Crippen LogP contribution in [0, 0.1) is 0 Å². The number of ether oxygens (including phenoxy) is 2. The van der Waals surface area contributed by atoms with E-state index in [4.69, 9.17) is 23.8 Å². The minimum atomic E-state index is -0.250. The van der Waals surface area contributed by atoms with E-state index in [2.05, 4.69) is 25.8 Å². The second-order valence-corrected chi connectivity index (χ2v) is 9.58. The van der Waals surface area contributed by atoms with Gasteiger partial charge in [-0.3, -0.25) is 14.6 Å². The Kier molecular flexibility index (Phi) is 7.53. The summed E-state index contributed by atoms with van der Waals surface area (Å²) in [5, 5.41) is 8.63. The fraction of sp³-hybridized carbons (Fsp3) is 0.400. The molecule has 2 aliphatic rings. The molecule has 2 aliphatic heterocycles. The number of thiazole rings is 1. The summed E-state index contributed by atoms with van der Waals surface area (Å²) in [4.78, 5) is 22.2. The smallest absolute Gasteiger partial charge is 0.290 e. The fourth-order valence-electron chi connectivity index (χ4n) is 4.77. The highest BCUT2D eigenvalue weighted by molar-refractivity contribution is 7.20. The van der Waals surface area contributed by atoms with Crippen LogP contribution in [0.3, 0.4) is 0 Å². The summed E-state index contributed by atoms with van der Waals surface area (Å²) in [6.07, 6.45) is 6.09. The second kappa shape index (κ2) is 11.1. The van der Waals surface area contributed by atoms with Crippen molar-refractivity contribution < 1.29 is 23.8 Å². The Bertz CT molecular complexity index is 1230. The number of morpholine rings is 1. The first-order valence-electron chi connectivity index (χ1n) is 11.7. The SMILES string of the molecule is O=CO.c1cnc2nc(Oc3ccc4c(CN5CCC(N6CCOCC6)CC5)coc4c3)sc2c1. The number of carboxylic acid groups (broad SMARTS) is 1. The van der Waals surface area contributed by atoms with E-state index in [1.807, 2.05) is 30.5 Å². The van der Waals surface area contributed by atoms with Gasteiger partial charge in [-0.2, -0.15) is 4.98 Å². The first-order valence-corrected chi connectivity index (χ1v) is 12.6. The molecule has 5 heterocycles. The van der Waals surface area contributed by atoms with E-state index in [0.717, 1.165) is 67.4 Å². The summed E-state index contributed by atoms with van der Waals surface area (Å²) in [6.45, 7) is 6.84. The van der Waals surface area contributed by atoms with Crippen LogP contribution in [-0.4, -0.2) is 76.8 Å². The predicted molar refractivity (Wildman–Crippen MR) is 133 cm³/mol. The normalized spacial score (nSPS) is 17.8. The molecule has 0 saturated carbocycles. The number of likely N-dealkylation sites (tertiary alicyclic amines) is 1. The molecule has 9 nitrogen and oxygen atoms in total. The van der Waals surface area contributed by atoms with Crippen molar-refractivity contribution in [1.29, 1.82) is 0 Å². The Hall–Kier alpha value is -3.05. The molecule has 0 unspecified atom stereocenters. The van der Waals surface area contributed by atoms with Crippen LogP contribution in [0.25, 0.3) is 21.3 Å². The van der Waals surface area contributed by atoms with Crippen LogP contribution in [0.4, 0.5) is 0 Å². The Morgan fingerprint density at radius 3 is 2.74 bits per heavy atom. The van der Waals surface area contributed by atoms with Gasteiger partial charge in [0.2, 0.25) is 0 Å². The monoisotopic (exact) mass is 496 g/mol. The van der Waals surface area contributed by atoms with Crippen molar-refractivity contribution >= 4 is 39.1 Å². The average molecular weight is 497 g/mol. The van der Waals surface area contributed by atoms with Crippen molar-refractivity contribution in [3.8, 4) is 10.9 Å². The lowest BCUT2D eigenvalue weighted by atomic mass is 10.0. The predicted octanol–water partition coefficient (Wildman–Crippen LogP) is 4.23. The van der Waals surface area contributed by atoms with Gasteiger partial charge in [0, 0.05) is 48.9 Å². The Balaban J connectivity index is 0.000000806. The van der Waals surface area contributed by atoms with Gasteiger partial charge in [-0.05, 0) is 50.2 Å². The van der Waals surface area contributed by atoms with Gasteiger partial charge >= 0.3 is 0 Å². The zero-order chi connectivity index (χ0) is 24.0. The molecule has 2 fully saturated rings. The van der Waals surface area contributed by atoms with Crippen LogP contribution in [-0.2, 0) is 16.1 Å². The molecule has 0 bridgehead atoms. The number of hydrogen-bond donors (Lipinski definition) is 1. The molecule has 1 N–H and O–H groups in total. The molecule has 4 aromatic rings. The van der Waals surface area contributed by atoms with Crippen molar-refractivity contribution in [1.82, 2.24) is 19.8 Å². The number of hydrogen-bond acceptors (Lipinski definition) is 9. The number of aromatic nitrogens is 2. The summed E-state index contributed by atoms with van der Waals surface area (Å²) < 4.78 is 18.4. The zero-order valence-corrected chi connectivity index (χ0v) is 20.2. The van der Waals surface area contributed by atoms with Crippen LogP contribution >= 0.6 is 11.3 Å². The molecule has 0 aliphatic carbocycles. The van der Waals surface area contributed by atoms with Gasteiger partial charge in [0.1, 0.15) is 11.3 Å². The van der Waals surface area contributed by atoms with Crippen LogP contribution < -0.4 is 4.74 Å². The molecule has 0 atom stereocenters. The van der Waals surface area contributed by atoms with Gasteiger partial charge < -0.3 is 19.0 Å². The number of furan rings is 1. The summed E-state index contributed by atoms with van der Waals surface area (Å²) >= 11 is 1.49. The summed E-state index contributed by atoms with van der Waals surface area (Å²) in [6, 6.07) is 10.6. The first-order chi connectivity index (χ1) is 17.2. The van der Waals surface area contributed by atoms with E-state index in [1.165, 1.54) is 29.7 Å². The highest BCUT2D eigenvalue weighted by Crippen LogP contribution is 2.33. The zero-order valence-electron chi connectivity index (χ0n) is 19.3. The van der Waals surface area contributed by atoms with E-state index in [0.29, 0.717) is 16.9 Å². The summed E-state index contributed by atoms with van der Waals surface area (Å²) in [5.41, 5.74) is 2.80. The van der Waals surface area contributed by atoms with Gasteiger partial charge in [0.05, 0.1) is 24.2 Å². The van der Waals surface area contributed by atoms with Gasteiger partial charge in [-0.25, -0.2) is 4.98 Å². The van der Waals surface area contributed by atoms with E-state index in [9.17, 15) is 0 Å². The summed E-state index contributed by atoms with van der Waals surface area (Å²) in [5.74, 6) is 0.726. The quantitative estimate of drug-likeness (QED) is 0.407. The topological polar surface area (TPSA) is 101 Å². The number of nitrogens with zero attached hydrogens (tertiary/aromatic N) is 4. The Morgan fingerprint density at radius 2 is 1.97 bits per heavy atom. The number of fused-ring (bicyclic) bond motifs is 2. The van der Waals surface area contributed by atoms with Crippen LogP contribution in [0.1, 0.15) is 18.4 Å². The molecule has 0 spiro atoms. The van der Waals surface area contributed by atoms with Crippen LogP contribution in [0.15, 0.2) is 47.2 Å². The number of piperidine rings is 1. The molecule has 1 aromatic carbocycles. The van der Waals surface area contributed by atoms with Gasteiger partial charge in [0.25, 0.3) is 11.7 Å². The van der Waals surface area contributed by atoms with Crippen molar-refractivity contribution in [2.45, 2.75) is 25.4 Å². The molecule has 184 valence electrons. The minimum absolute atomic E-state index is 0.250. The lowest BCUT2D eigenvalue weighted by molar-refractivity contribution is -0.122. The molecule has 2 saturated heterocycles. The molecular weight excluding hydrogens is 468 g/mol. The lowest BCUT2D eigenvalue weighted by Crippen LogP contribution is -2.48. The van der Waals surface area contributed by atoms with Crippen LogP contribution in [0.5, 0.6) is 10.9 Å². The largest absolute Gasteiger partial charge is 0.483 e. The van der Waals surface area contributed by atoms with Gasteiger partial charge in [-0.15, -0.1) is 0 Å². The standard InChI is InChI=1S/C24H26N4O3S.CH2O2/c1-2-22-23(25-7-1)26-24(32-22)31-19-3-4-20-17(16-30-21(20)14-19)15-27-8-5-18(6-9-27)28-10-12-29-13-11-28;2-1-3/h1-4,7,14,16,18H,5-6,8-13,15H2;1H,(H,2,3). The third kappa shape index (κ3) is 5.62. The molecule has 0 radical (unpaired) electrons. The average Bonchev–Trinajstić information content (AvgIpc) is 3.49. The maximum Gasteiger partial charge on any atom is 0.290 e. The number of carbonyl (C=O) groups is 1. The highest BCUT2D eigenvalue weighted by atomic mass is 32.1. The second-order valence-electron chi connectivity index (χ2n) is 8.59. The van der Waals surface area contributed by atoms with E-state index < -0.39 is 0 Å². The van der Waals surface area contributed by atoms with Crippen molar-refractivity contribution in [3.63, 3.8) is 0 Å². The number of benzene rings is 1. The van der Waals surface area contributed by atoms with Crippen molar-refractivity contribution in [2.75, 3.05) is 39.4 Å². The van der Waals surface area contributed by atoms with Gasteiger partial charge in [-0.1, -0.05) is 11.3 Å². The maximum absolute atomic E-state index is 8.36. The Morgan fingerprint density at radius 1 is 1.17 bits per heavy atom. The fourth-order valence-corrected chi connectivity index (χ4v) is 5.56. The molecule has 35 heavy (non-hydrogen) atoms. The molecule has 0 amide bonds.